The number of nitrogens with one attached hydrogen (secondary N) is 1. The van der Waals surface area contributed by atoms with Crippen molar-refractivity contribution in [3.8, 4) is 5.88 Å². The van der Waals surface area contributed by atoms with E-state index in [1.807, 2.05) is 6.92 Å². The Morgan fingerprint density at radius 2 is 2.09 bits per heavy atom. The van der Waals surface area contributed by atoms with Crippen LogP contribution < -0.4 is 15.8 Å². The Labute approximate surface area is 205 Å². The van der Waals surface area contributed by atoms with E-state index >= 15 is 4.39 Å². The van der Waals surface area contributed by atoms with Gasteiger partial charge in [0, 0.05) is 37.5 Å². The van der Waals surface area contributed by atoms with E-state index in [1.165, 1.54) is 30.2 Å². The van der Waals surface area contributed by atoms with Gasteiger partial charge in [0.05, 0.1) is 35.4 Å². The van der Waals surface area contributed by atoms with Crippen molar-refractivity contribution in [3.63, 3.8) is 0 Å². The van der Waals surface area contributed by atoms with E-state index in [4.69, 9.17) is 19.9 Å². The maximum atomic E-state index is 15.0. The molecule has 188 valence electrons. The van der Waals surface area contributed by atoms with Crippen molar-refractivity contribution < 1.29 is 27.8 Å². The third-order valence-corrected chi connectivity index (χ3v) is 7.58. The fraction of sp³-hybridized carbons (Fsp3) is 0.478. The van der Waals surface area contributed by atoms with Crippen molar-refractivity contribution in [2.75, 3.05) is 32.8 Å². The topological polar surface area (TPSA) is 121 Å². The molecule has 9 nitrogen and oxygen atoms in total. The highest BCUT2D eigenvalue weighted by molar-refractivity contribution is 8.15. The SMILES string of the molecule is COC[C@]12C[C@H]1[C@@](C)(c1cc(NC(=O)c3cnc(OCC(C)OC)cn3)cc(F)c1F)N=C(N)S2. The molecule has 1 amide bonds. The van der Waals surface area contributed by atoms with Gasteiger partial charge in [-0.05, 0) is 26.3 Å². The average molecular weight is 508 g/mol. The van der Waals surface area contributed by atoms with Crippen LogP contribution in [0.3, 0.4) is 0 Å². The molecule has 2 aromatic rings. The van der Waals surface area contributed by atoms with E-state index in [0.717, 1.165) is 6.07 Å². The molecule has 0 radical (unpaired) electrons. The Bertz CT molecular complexity index is 1150. The summed E-state index contributed by atoms with van der Waals surface area (Å²) in [7, 11) is 3.15. The zero-order valence-electron chi connectivity index (χ0n) is 19.8. The summed E-state index contributed by atoms with van der Waals surface area (Å²) in [6.07, 6.45) is 3.09. The Balaban J connectivity index is 1.55. The van der Waals surface area contributed by atoms with Crippen molar-refractivity contribution in [2.45, 2.75) is 36.7 Å². The lowest BCUT2D eigenvalue weighted by Gasteiger charge is -2.34. The summed E-state index contributed by atoms with van der Waals surface area (Å²) in [5, 5.41) is 2.84. The summed E-state index contributed by atoms with van der Waals surface area (Å²) in [4.78, 5) is 25.3. The van der Waals surface area contributed by atoms with Crippen LogP contribution in [-0.2, 0) is 15.0 Å². The zero-order valence-corrected chi connectivity index (χ0v) is 20.6. The second kappa shape index (κ2) is 9.67. The summed E-state index contributed by atoms with van der Waals surface area (Å²) >= 11 is 1.40. The van der Waals surface area contributed by atoms with E-state index in [1.54, 1.807) is 21.1 Å². The molecule has 1 aliphatic heterocycles. The number of amides is 1. The molecule has 12 heteroatoms. The van der Waals surface area contributed by atoms with Gasteiger partial charge in [-0.3, -0.25) is 9.79 Å². The fourth-order valence-corrected chi connectivity index (χ4v) is 5.78. The third-order valence-electron chi connectivity index (χ3n) is 6.30. The molecule has 0 bridgehead atoms. The van der Waals surface area contributed by atoms with E-state index in [-0.39, 0.29) is 51.4 Å². The predicted molar refractivity (Wildman–Crippen MR) is 128 cm³/mol. The number of halogens is 2. The van der Waals surface area contributed by atoms with Gasteiger partial charge < -0.3 is 25.3 Å². The van der Waals surface area contributed by atoms with Crippen LogP contribution >= 0.6 is 11.8 Å². The van der Waals surface area contributed by atoms with Crippen molar-refractivity contribution >= 4 is 28.5 Å². The quantitative estimate of drug-likeness (QED) is 0.531. The number of hydrogen-bond donors (Lipinski definition) is 2. The van der Waals surface area contributed by atoms with Crippen LogP contribution in [0.15, 0.2) is 29.5 Å². The number of carbonyl (C=O) groups is 1. The number of benzene rings is 1. The van der Waals surface area contributed by atoms with Gasteiger partial charge in [-0.25, -0.2) is 18.7 Å². The van der Waals surface area contributed by atoms with Gasteiger partial charge in [0.1, 0.15) is 12.3 Å². The highest BCUT2D eigenvalue weighted by atomic mass is 32.2. The molecule has 3 N–H and O–H groups in total. The first-order valence-corrected chi connectivity index (χ1v) is 11.8. The van der Waals surface area contributed by atoms with Crippen molar-refractivity contribution in [2.24, 2.45) is 16.6 Å². The lowest BCUT2D eigenvalue weighted by molar-refractivity contribution is 0.0697. The predicted octanol–water partition coefficient (Wildman–Crippen LogP) is 3.10. The zero-order chi connectivity index (χ0) is 25.4. The first-order valence-electron chi connectivity index (χ1n) is 10.9. The average Bonchev–Trinajstić information content (AvgIpc) is 3.54. The van der Waals surface area contributed by atoms with Crippen molar-refractivity contribution in [1.29, 1.82) is 0 Å². The van der Waals surface area contributed by atoms with Gasteiger partial charge in [0.25, 0.3) is 5.91 Å². The first kappa shape index (κ1) is 25.3. The Kier molecular flexibility index (Phi) is 6.98. The molecule has 35 heavy (non-hydrogen) atoms. The maximum absolute atomic E-state index is 15.0. The standard InChI is InChI=1S/C23H27F2N5O4S/c1-12(33-4)10-34-18-9-27-16(8-28-18)20(31)29-13-5-14(19(25)15(24)6-13)22(2)17-7-23(17,11-32-3)35-21(26)30-22/h5-6,8-9,12,17H,7,10-11H2,1-4H3,(H2,26,30)(H,29,31)/t12?,17-,22+,23+/m0/s1. The lowest BCUT2D eigenvalue weighted by atomic mass is 9.85. The van der Waals surface area contributed by atoms with Crippen LogP contribution in [0.25, 0.3) is 0 Å². The van der Waals surface area contributed by atoms with Crippen LogP contribution in [0.1, 0.15) is 36.3 Å². The molecule has 2 heterocycles. The summed E-state index contributed by atoms with van der Waals surface area (Å²) in [6.45, 7) is 4.24. The minimum atomic E-state index is -1.11. The van der Waals surface area contributed by atoms with Crippen LogP contribution in [0.2, 0.25) is 0 Å². The number of aromatic nitrogens is 2. The molecule has 1 fully saturated rings. The normalized spacial score (nSPS) is 25.9. The minimum absolute atomic E-state index is 0.0149. The maximum Gasteiger partial charge on any atom is 0.275 e. The van der Waals surface area contributed by atoms with Gasteiger partial charge in [-0.2, -0.15) is 0 Å². The van der Waals surface area contributed by atoms with E-state index < -0.39 is 23.1 Å². The summed E-state index contributed by atoms with van der Waals surface area (Å²) in [5.74, 6) is -2.65. The second-order valence-electron chi connectivity index (χ2n) is 8.83. The molecule has 1 saturated carbocycles. The molecule has 1 aromatic heterocycles. The lowest BCUT2D eigenvalue weighted by Crippen LogP contribution is -2.38. The monoisotopic (exact) mass is 507 g/mol. The largest absolute Gasteiger partial charge is 0.474 e. The number of methoxy groups -OCH3 is 2. The van der Waals surface area contributed by atoms with Gasteiger partial charge in [-0.15, -0.1) is 0 Å². The second-order valence-corrected chi connectivity index (χ2v) is 10.3. The first-order chi connectivity index (χ1) is 16.6. The molecule has 1 aliphatic carbocycles. The highest BCUT2D eigenvalue weighted by Crippen LogP contribution is 2.66. The fourth-order valence-electron chi connectivity index (χ4n) is 4.33. The van der Waals surface area contributed by atoms with Gasteiger partial charge in [-0.1, -0.05) is 11.8 Å². The number of nitrogens with zero attached hydrogens (tertiary/aromatic N) is 3. The van der Waals surface area contributed by atoms with Gasteiger partial charge in [0.15, 0.2) is 16.8 Å². The number of rotatable bonds is 9. The Morgan fingerprint density at radius 3 is 2.74 bits per heavy atom. The molecule has 4 rings (SSSR count). The Morgan fingerprint density at radius 1 is 1.31 bits per heavy atom. The summed E-state index contributed by atoms with van der Waals surface area (Å²) < 4.78 is 45.2. The number of thioether (sulfide) groups is 1. The van der Waals surface area contributed by atoms with Crippen LogP contribution in [0.4, 0.5) is 14.5 Å². The number of aliphatic imine (C=N–C) groups is 1. The number of amidine groups is 1. The van der Waals surface area contributed by atoms with Crippen molar-refractivity contribution in [1.82, 2.24) is 9.97 Å². The van der Waals surface area contributed by atoms with E-state index in [0.29, 0.717) is 13.0 Å². The molecule has 2 aliphatic rings. The number of ether oxygens (including phenoxy) is 3. The molecule has 1 unspecified atom stereocenters. The molecule has 1 aromatic carbocycles. The molecular weight excluding hydrogens is 480 g/mol. The number of anilines is 1. The molecule has 0 spiro atoms. The number of fused-ring (bicyclic) bond motifs is 1. The smallest absolute Gasteiger partial charge is 0.275 e. The van der Waals surface area contributed by atoms with Crippen LogP contribution in [0, 0.1) is 17.6 Å². The Hall–Kier alpha value is -2.83. The van der Waals surface area contributed by atoms with Gasteiger partial charge >= 0.3 is 0 Å². The number of carbonyl (C=O) groups excluding carboxylic acids is 1. The summed E-state index contributed by atoms with van der Waals surface area (Å²) in [5.41, 5.74) is 5.00. The van der Waals surface area contributed by atoms with Crippen LogP contribution in [0.5, 0.6) is 5.88 Å². The number of hydrogen-bond acceptors (Lipinski definition) is 9. The molecule has 0 saturated heterocycles. The summed E-state index contributed by atoms with van der Waals surface area (Å²) in [6, 6.07) is 2.30. The van der Waals surface area contributed by atoms with E-state index in [2.05, 4.69) is 20.3 Å². The van der Waals surface area contributed by atoms with Crippen molar-refractivity contribution in [3.05, 3.63) is 47.4 Å². The minimum Gasteiger partial charge on any atom is -0.474 e. The highest BCUT2D eigenvalue weighted by Gasteiger charge is 2.66. The van der Waals surface area contributed by atoms with E-state index in [9.17, 15) is 9.18 Å². The van der Waals surface area contributed by atoms with Crippen LogP contribution in [-0.4, -0.2) is 59.3 Å². The van der Waals surface area contributed by atoms with Gasteiger partial charge in [0.2, 0.25) is 5.88 Å². The number of nitrogens with two attached hydrogens (primary N) is 1. The molecular formula is C23H27F2N5O4S. The third kappa shape index (κ3) is 4.95. The molecule has 4 atom stereocenters.